The maximum absolute atomic E-state index is 14.3. The van der Waals surface area contributed by atoms with E-state index in [1.54, 1.807) is 0 Å². The zero-order valence-electron chi connectivity index (χ0n) is 23.1. The highest BCUT2D eigenvalue weighted by atomic mass is 79.9. The fraction of sp³-hybridized carbons (Fsp3) is 0.429. The van der Waals surface area contributed by atoms with E-state index in [9.17, 15) is 75.4 Å². The number of alkyl halides is 16. The molecule has 0 bridgehead atoms. The van der Waals surface area contributed by atoms with Crippen molar-refractivity contribution in [3.05, 3.63) is 45.1 Å². The highest BCUT2D eigenvalue weighted by Gasteiger charge is 2.77. The zero-order chi connectivity index (χ0) is 37.9. The van der Waals surface area contributed by atoms with Crippen molar-refractivity contribution >= 4 is 31.9 Å². The molecule has 0 aliphatic heterocycles. The van der Waals surface area contributed by atoms with Gasteiger partial charge in [0.15, 0.2) is 34.5 Å². The van der Waals surface area contributed by atoms with Crippen LogP contribution in [-0.2, 0) is 25.4 Å². The first-order valence-corrected chi connectivity index (χ1v) is 13.4. The van der Waals surface area contributed by atoms with Gasteiger partial charge in [-0.1, -0.05) is 0 Å². The van der Waals surface area contributed by atoms with Crippen molar-refractivity contribution in [2.24, 2.45) is 14.1 Å². The minimum Gasteiger partial charge on any atom is -0.503 e. The fourth-order valence-electron chi connectivity index (χ4n) is 3.86. The SMILES string of the molecule is Cn1nc(C(F)(C(F)(F)F)C(F)(F)F)c(O)c1-n1cc(Br)cn1.Cn1nc(C(F)(C(F)(F)F)C(F)(F)F)c(OC(F)F)c1-n1cc(Br)cn1. The van der Waals surface area contributed by atoms with E-state index < -0.39 is 77.2 Å². The van der Waals surface area contributed by atoms with Crippen LogP contribution in [0.3, 0.4) is 0 Å². The van der Waals surface area contributed by atoms with E-state index in [0.29, 0.717) is 18.5 Å². The van der Waals surface area contributed by atoms with Crippen LogP contribution in [0.4, 0.5) is 70.2 Å². The van der Waals surface area contributed by atoms with Crippen LogP contribution in [0.25, 0.3) is 11.6 Å². The van der Waals surface area contributed by atoms with E-state index in [1.165, 1.54) is 0 Å². The van der Waals surface area contributed by atoms with Crippen LogP contribution in [0.1, 0.15) is 11.4 Å². The van der Waals surface area contributed by atoms with Gasteiger partial charge in [0, 0.05) is 26.5 Å². The molecular formula is C21H12Br2F16N8O2. The number of aromatic nitrogens is 8. The van der Waals surface area contributed by atoms with Gasteiger partial charge in [-0.25, -0.2) is 27.5 Å². The second-order valence-corrected chi connectivity index (χ2v) is 11.0. The third-order valence-corrected chi connectivity index (χ3v) is 6.74. The number of hydrogen-bond acceptors (Lipinski definition) is 6. The number of aromatic hydroxyl groups is 1. The summed E-state index contributed by atoms with van der Waals surface area (Å²) in [5.41, 5.74) is -16.5. The highest BCUT2D eigenvalue weighted by Crippen LogP contribution is 2.57. The lowest BCUT2D eigenvalue weighted by Gasteiger charge is -2.28. The zero-order valence-corrected chi connectivity index (χ0v) is 26.3. The lowest BCUT2D eigenvalue weighted by atomic mass is 9.99. The molecule has 4 aromatic rings. The van der Waals surface area contributed by atoms with Crippen LogP contribution in [0, 0.1) is 0 Å². The average molecular weight is 872 g/mol. The van der Waals surface area contributed by atoms with Crippen molar-refractivity contribution in [3.8, 4) is 23.1 Å². The highest BCUT2D eigenvalue weighted by molar-refractivity contribution is 9.10. The second-order valence-electron chi connectivity index (χ2n) is 9.16. The van der Waals surface area contributed by atoms with Gasteiger partial charge in [-0.05, 0) is 31.9 Å². The summed E-state index contributed by atoms with van der Waals surface area (Å²) < 4.78 is 214. The Bertz CT molecular complexity index is 1760. The number of rotatable bonds is 6. The Morgan fingerprint density at radius 2 is 0.980 bits per heavy atom. The molecule has 0 saturated heterocycles. The molecule has 0 aromatic carbocycles. The van der Waals surface area contributed by atoms with Crippen molar-refractivity contribution in [3.63, 3.8) is 0 Å². The van der Waals surface area contributed by atoms with Crippen LogP contribution in [0.5, 0.6) is 11.5 Å². The standard InChI is InChI=1S/C11H6BrF9N4O.C10H6BrF7N4O/c1-24-7(25-3-4(12)2-22-25)5(26-8(13)14)6(23-24)9(15,10(16,17)18)11(19,20)21;1-21-7(22-3-4(11)2-19-22)5(23)6(20-21)8(12,9(13,14)15)10(16,17)18/h2-3,8H,1H3;2-3,23H,1H3. The summed E-state index contributed by atoms with van der Waals surface area (Å²) in [6.07, 6.45) is -21.5. The summed E-state index contributed by atoms with van der Waals surface area (Å²) >= 11 is 5.86. The minimum atomic E-state index is -6.55. The number of hydrogen-bond donors (Lipinski definition) is 1. The first-order chi connectivity index (χ1) is 22.0. The molecule has 0 saturated carbocycles. The van der Waals surface area contributed by atoms with Crippen molar-refractivity contribution in [1.82, 2.24) is 39.1 Å². The molecule has 0 radical (unpaired) electrons. The van der Waals surface area contributed by atoms with Crippen LogP contribution < -0.4 is 4.74 Å². The molecule has 10 nitrogen and oxygen atoms in total. The lowest BCUT2D eigenvalue weighted by Crippen LogP contribution is -2.51. The molecule has 0 spiro atoms. The molecular weight excluding hydrogens is 860 g/mol. The Balaban J connectivity index is 0.000000267. The summed E-state index contributed by atoms with van der Waals surface area (Å²) in [5.74, 6) is -4.92. The largest absolute Gasteiger partial charge is 0.503 e. The maximum Gasteiger partial charge on any atom is 0.437 e. The molecule has 0 fully saturated rings. The molecule has 4 aromatic heterocycles. The summed E-state index contributed by atoms with van der Waals surface area (Å²) in [6, 6.07) is 0. The Morgan fingerprint density at radius 1 is 0.633 bits per heavy atom. The van der Waals surface area contributed by atoms with Gasteiger partial charge < -0.3 is 9.84 Å². The van der Waals surface area contributed by atoms with Crippen molar-refractivity contribution in [2.45, 2.75) is 42.7 Å². The van der Waals surface area contributed by atoms with E-state index in [2.05, 4.69) is 57.0 Å². The van der Waals surface area contributed by atoms with Gasteiger partial charge in [0.2, 0.25) is 0 Å². The molecule has 274 valence electrons. The quantitative estimate of drug-likeness (QED) is 0.200. The second kappa shape index (κ2) is 12.9. The van der Waals surface area contributed by atoms with E-state index in [0.717, 1.165) is 43.6 Å². The van der Waals surface area contributed by atoms with Crippen LogP contribution in [-0.4, -0.2) is 75.5 Å². The lowest BCUT2D eigenvalue weighted by molar-refractivity contribution is -0.351. The summed E-state index contributed by atoms with van der Waals surface area (Å²) in [5, 5.41) is 22.6. The summed E-state index contributed by atoms with van der Waals surface area (Å²) in [4.78, 5) is 0. The van der Waals surface area contributed by atoms with Crippen LogP contribution >= 0.6 is 31.9 Å². The van der Waals surface area contributed by atoms with Crippen LogP contribution in [0.15, 0.2) is 33.7 Å². The monoisotopic (exact) mass is 870 g/mol. The maximum atomic E-state index is 14.3. The van der Waals surface area contributed by atoms with Crippen molar-refractivity contribution in [2.75, 3.05) is 0 Å². The third-order valence-electron chi connectivity index (χ3n) is 5.93. The topological polar surface area (TPSA) is 101 Å². The fourth-order valence-corrected chi connectivity index (χ4v) is 4.43. The van der Waals surface area contributed by atoms with E-state index in [-0.39, 0.29) is 4.47 Å². The van der Waals surface area contributed by atoms with Gasteiger partial charge >= 0.3 is 42.7 Å². The van der Waals surface area contributed by atoms with Crippen molar-refractivity contribution < 1.29 is 80.1 Å². The summed E-state index contributed by atoms with van der Waals surface area (Å²) in [6.45, 7) is -3.86. The molecule has 28 heteroatoms. The Morgan fingerprint density at radius 3 is 1.33 bits per heavy atom. The van der Waals surface area contributed by atoms with Gasteiger partial charge in [0.05, 0.1) is 21.3 Å². The van der Waals surface area contributed by atoms with E-state index in [4.69, 9.17) is 0 Å². The number of ether oxygens (including phenoxy) is 1. The van der Waals surface area contributed by atoms with Crippen LogP contribution in [0.2, 0.25) is 0 Å². The van der Waals surface area contributed by atoms with E-state index >= 15 is 0 Å². The van der Waals surface area contributed by atoms with Gasteiger partial charge in [-0.15, -0.1) is 0 Å². The molecule has 49 heavy (non-hydrogen) atoms. The predicted octanol–water partition coefficient (Wildman–Crippen LogP) is 7.62. The number of halogens is 18. The predicted molar refractivity (Wildman–Crippen MR) is 134 cm³/mol. The molecule has 0 aliphatic carbocycles. The number of aryl methyl sites for hydroxylation is 2. The Kier molecular flexibility index (Phi) is 10.4. The molecule has 1 N–H and O–H groups in total. The van der Waals surface area contributed by atoms with Gasteiger partial charge in [-0.3, -0.25) is 0 Å². The van der Waals surface area contributed by atoms with E-state index in [1.807, 2.05) is 0 Å². The molecule has 4 heterocycles. The van der Waals surface area contributed by atoms with Gasteiger partial charge in [0.25, 0.3) is 0 Å². The Labute approximate surface area is 276 Å². The van der Waals surface area contributed by atoms with Gasteiger partial charge in [0.1, 0.15) is 0 Å². The molecule has 0 amide bonds. The average Bonchev–Trinajstić information content (AvgIpc) is 3.67. The molecule has 4 rings (SSSR count). The van der Waals surface area contributed by atoms with Crippen molar-refractivity contribution in [1.29, 1.82) is 0 Å². The smallest absolute Gasteiger partial charge is 0.437 e. The molecule has 0 atom stereocenters. The minimum absolute atomic E-state index is 0.196. The first kappa shape index (κ1) is 39.7. The Hall–Kier alpha value is -3.72. The van der Waals surface area contributed by atoms with Gasteiger partial charge in [-0.2, -0.15) is 81.9 Å². The third kappa shape index (κ3) is 7.01. The number of nitrogens with zero attached hydrogens (tertiary/aromatic N) is 8. The molecule has 0 aliphatic rings. The molecule has 0 unspecified atom stereocenters. The normalized spacial score (nSPS) is 13.6. The first-order valence-electron chi connectivity index (χ1n) is 11.8. The summed E-state index contributed by atoms with van der Waals surface area (Å²) in [7, 11) is 1.74.